The van der Waals surface area contributed by atoms with Gasteiger partial charge in [-0.1, -0.05) is 32.6 Å². The van der Waals surface area contributed by atoms with E-state index in [9.17, 15) is 10.1 Å². The second-order valence-corrected chi connectivity index (χ2v) is 6.59. The van der Waals surface area contributed by atoms with Gasteiger partial charge in [0.1, 0.15) is 5.41 Å². The molecule has 1 aliphatic carbocycles. The Morgan fingerprint density at radius 2 is 1.84 bits per heavy atom. The Balaban J connectivity index is 2.14. The average Bonchev–Trinajstić information content (AvgIpc) is 2.64. The number of hydrogen-bond acceptors (Lipinski definition) is 2. The first-order valence-corrected chi connectivity index (χ1v) is 7.81. The van der Waals surface area contributed by atoms with Crippen LogP contribution >= 0.6 is 0 Å². The number of likely N-dealkylation sites (tertiary alicyclic amines) is 1. The van der Waals surface area contributed by atoms with Crippen LogP contribution in [0.5, 0.6) is 0 Å². The first-order valence-electron chi connectivity index (χ1n) is 7.81. The van der Waals surface area contributed by atoms with Gasteiger partial charge in [-0.25, -0.2) is 0 Å². The molecule has 2 rings (SSSR count). The third kappa shape index (κ3) is 2.94. The summed E-state index contributed by atoms with van der Waals surface area (Å²) in [6.07, 6.45) is 8.08. The number of rotatable bonds is 1. The number of hydrogen-bond donors (Lipinski definition) is 0. The number of nitriles is 1. The molecule has 0 aromatic carbocycles. The minimum Gasteiger partial charge on any atom is -0.339 e. The van der Waals surface area contributed by atoms with Crippen LogP contribution in [0.2, 0.25) is 0 Å². The predicted octanol–water partition coefficient (Wildman–Crippen LogP) is 3.50. The summed E-state index contributed by atoms with van der Waals surface area (Å²) in [5.41, 5.74) is -0.717. The zero-order valence-corrected chi connectivity index (χ0v) is 12.3. The highest BCUT2D eigenvalue weighted by atomic mass is 16.2. The van der Waals surface area contributed by atoms with Crippen LogP contribution in [0, 0.1) is 22.7 Å². The monoisotopic (exact) mass is 262 g/mol. The summed E-state index contributed by atoms with van der Waals surface area (Å²) in [5, 5.41) is 9.61. The Labute approximate surface area is 117 Å². The summed E-state index contributed by atoms with van der Waals surface area (Å²) in [6.45, 7) is 5.23. The Hall–Kier alpha value is -1.04. The van der Waals surface area contributed by atoms with Crippen LogP contribution in [0.3, 0.4) is 0 Å². The Morgan fingerprint density at radius 3 is 2.37 bits per heavy atom. The lowest BCUT2D eigenvalue weighted by Crippen LogP contribution is -2.50. The van der Waals surface area contributed by atoms with Gasteiger partial charge in [-0.05, 0) is 38.5 Å². The van der Waals surface area contributed by atoms with Crippen molar-refractivity contribution in [2.24, 2.45) is 11.3 Å². The van der Waals surface area contributed by atoms with Crippen LogP contribution in [0.1, 0.15) is 65.2 Å². The van der Waals surface area contributed by atoms with Crippen molar-refractivity contribution in [1.29, 1.82) is 5.26 Å². The van der Waals surface area contributed by atoms with Gasteiger partial charge >= 0.3 is 0 Å². The van der Waals surface area contributed by atoms with Crippen molar-refractivity contribution >= 4 is 5.91 Å². The normalized spacial score (nSPS) is 31.3. The second kappa shape index (κ2) is 5.94. The number of carbonyl (C=O) groups excluding carboxylic acids is 1. The maximum atomic E-state index is 12.9. The van der Waals surface area contributed by atoms with Gasteiger partial charge in [0.15, 0.2) is 0 Å². The quantitative estimate of drug-likeness (QED) is 0.679. The molecule has 106 valence electrons. The van der Waals surface area contributed by atoms with Gasteiger partial charge in [0, 0.05) is 12.6 Å². The smallest absolute Gasteiger partial charge is 0.243 e. The van der Waals surface area contributed by atoms with Gasteiger partial charge in [0.05, 0.1) is 6.07 Å². The van der Waals surface area contributed by atoms with Gasteiger partial charge in [-0.2, -0.15) is 5.26 Å². The summed E-state index contributed by atoms with van der Waals surface area (Å²) in [5.74, 6) is 0.822. The van der Waals surface area contributed by atoms with E-state index in [4.69, 9.17) is 0 Å². The minimum atomic E-state index is -0.717. The van der Waals surface area contributed by atoms with Crippen molar-refractivity contribution in [2.45, 2.75) is 71.3 Å². The van der Waals surface area contributed by atoms with Crippen LogP contribution < -0.4 is 0 Å². The first kappa shape index (κ1) is 14.4. The maximum absolute atomic E-state index is 12.9. The highest BCUT2D eigenvalue weighted by Crippen LogP contribution is 2.38. The van der Waals surface area contributed by atoms with Gasteiger partial charge in [0.2, 0.25) is 5.91 Å². The molecule has 3 nitrogen and oxygen atoms in total. The van der Waals surface area contributed by atoms with E-state index in [1.165, 1.54) is 12.8 Å². The molecule has 3 heteroatoms. The van der Waals surface area contributed by atoms with Crippen LogP contribution in [0.15, 0.2) is 0 Å². The Bertz CT molecular complexity index is 363. The van der Waals surface area contributed by atoms with E-state index in [2.05, 4.69) is 19.9 Å². The minimum absolute atomic E-state index is 0.122. The molecule has 0 N–H and O–H groups in total. The molecule has 1 saturated heterocycles. The number of amides is 1. The van der Waals surface area contributed by atoms with Crippen molar-refractivity contribution < 1.29 is 4.79 Å². The van der Waals surface area contributed by atoms with Gasteiger partial charge in [0.25, 0.3) is 0 Å². The van der Waals surface area contributed by atoms with Crippen molar-refractivity contribution in [3.63, 3.8) is 0 Å². The summed E-state index contributed by atoms with van der Waals surface area (Å²) >= 11 is 0. The Morgan fingerprint density at radius 1 is 1.21 bits per heavy atom. The zero-order valence-electron chi connectivity index (χ0n) is 12.3. The third-order valence-electron chi connectivity index (χ3n) is 4.98. The van der Waals surface area contributed by atoms with Crippen molar-refractivity contribution in [3.8, 4) is 6.07 Å². The molecule has 1 heterocycles. The molecule has 2 unspecified atom stereocenters. The third-order valence-corrected chi connectivity index (χ3v) is 4.98. The summed E-state index contributed by atoms with van der Waals surface area (Å²) in [7, 11) is 0. The van der Waals surface area contributed by atoms with Crippen molar-refractivity contribution in [1.82, 2.24) is 4.90 Å². The SMILES string of the molecule is CC1CCN(C(=O)C2(C#N)CCCCCC2)C(C)C1. The topological polar surface area (TPSA) is 44.1 Å². The summed E-state index contributed by atoms with van der Waals surface area (Å²) in [6, 6.07) is 2.69. The standard InChI is InChI=1S/C16H26N2O/c1-13-7-10-18(14(2)11-13)15(19)16(12-17)8-5-3-4-6-9-16/h13-14H,3-11H2,1-2H3. The maximum Gasteiger partial charge on any atom is 0.243 e. The zero-order chi connectivity index (χ0) is 13.9. The van der Waals surface area contributed by atoms with Crippen molar-refractivity contribution in [3.05, 3.63) is 0 Å². The number of nitrogens with zero attached hydrogens (tertiary/aromatic N) is 2. The molecule has 0 bridgehead atoms. The van der Waals surface area contributed by atoms with Crippen LogP contribution in [0.4, 0.5) is 0 Å². The van der Waals surface area contributed by atoms with Crippen LogP contribution in [-0.4, -0.2) is 23.4 Å². The highest BCUT2D eigenvalue weighted by Gasteiger charge is 2.43. The van der Waals surface area contributed by atoms with Crippen LogP contribution in [0.25, 0.3) is 0 Å². The molecule has 2 fully saturated rings. The molecule has 0 aromatic heterocycles. The molecule has 2 aliphatic rings. The largest absolute Gasteiger partial charge is 0.339 e. The highest BCUT2D eigenvalue weighted by molar-refractivity contribution is 5.85. The molecule has 0 spiro atoms. The van der Waals surface area contributed by atoms with E-state index in [0.717, 1.165) is 45.1 Å². The molecular weight excluding hydrogens is 236 g/mol. The van der Waals surface area contributed by atoms with Crippen LogP contribution in [-0.2, 0) is 4.79 Å². The van der Waals surface area contributed by atoms with E-state index in [1.807, 2.05) is 4.90 Å². The fraction of sp³-hybridized carbons (Fsp3) is 0.875. The van der Waals surface area contributed by atoms with E-state index in [1.54, 1.807) is 0 Å². The van der Waals surface area contributed by atoms with Gasteiger partial charge in [-0.3, -0.25) is 4.79 Å². The average molecular weight is 262 g/mol. The second-order valence-electron chi connectivity index (χ2n) is 6.59. The molecule has 0 aromatic rings. The lowest BCUT2D eigenvalue weighted by atomic mass is 9.79. The lowest BCUT2D eigenvalue weighted by Gasteiger charge is -2.40. The molecule has 1 saturated carbocycles. The lowest BCUT2D eigenvalue weighted by molar-refractivity contribution is -0.143. The molecule has 1 aliphatic heterocycles. The summed E-state index contributed by atoms with van der Waals surface area (Å²) < 4.78 is 0. The molecule has 0 radical (unpaired) electrons. The summed E-state index contributed by atoms with van der Waals surface area (Å²) in [4.78, 5) is 14.9. The van der Waals surface area contributed by atoms with Crippen molar-refractivity contribution in [2.75, 3.05) is 6.54 Å². The molecular formula is C16H26N2O. The fourth-order valence-electron chi connectivity index (χ4n) is 3.69. The predicted molar refractivity (Wildman–Crippen MR) is 75.3 cm³/mol. The molecule has 19 heavy (non-hydrogen) atoms. The molecule has 1 amide bonds. The number of piperidine rings is 1. The van der Waals surface area contributed by atoms with Gasteiger partial charge < -0.3 is 4.90 Å². The Kier molecular flexibility index (Phi) is 4.50. The van der Waals surface area contributed by atoms with E-state index >= 15 is 0 Å². The van der Waals surface area contributed by atoms with E-state index in [0.29, 0.717) is 12.0 Å². The number of carbonyl (C=O) groups is 1. The first-order chi connectivity index (χ1) is 9.09. The van der Waals surface area contributed by atoms with E-state index < -0.39 is 5.41 Å². The van der Waals surface area contributed by atoms with E-state index in [-0.39, 0.29) is 5.91 Å². The van der Waals surface area contributed by atoms with Gasteiger partial charge in [-0.15, -0.1) is 0 Å². The fourth-order valence-corrected chi connectivity index (χ4v) is 3.69. The molecule has 2 atom stereocenters.